The summed E-state index contributed by atoms with van der Waals surface area (Å²) >= 11 is 0. The number of ketones is 2. The first-order valence-corrected chi connectivity index (χ1v) is 15.3. The van der Waals surface area contributed by atoms with Crippen LogP contribution in [0.1, 0.15) is 112 Å². The number of Topliss-reactive ketones (excluding diaryl/α,β-unsaturated/α-hetero) is 2. The average Bonchev–Trinajstić information content (AvgIpc) is 2.92. The fourth-order valence-corrected chi connectivity index (χ4v) is 5.85. The smallest absolute Gasteiger partial charge is 0.303 e. The third-order valence-corrected chi connectivity index (χ3v) is 8.31. The lowest BCUT2D eigenvalue weighted by Gasteiger charge is -2.32. The summed E-state index contributed by atoms with van der Waals surface area (Å²) in [6.07, 6.45) is 11.1. The maximum atomic E-state index is 13.6. The van der Waals surface area contributed by atoms with Gasteiger partial charge in [0.25, 0.3) is 0 Å². The van der Waals surface area contributed by atoms with Gasteiger partial charge in [-0.15, -0.1) is 0 Å². The molecule has 0 bridgehead atoms. The van der Waals surface area contributed by atoms with Crippen LogP contribution in [0.3, 0.4) is 0 Å². The molecule has 0 saturated carbocycles. The van der Waals surface area contributed by atoms with Crippen molar-refractivity contribution in [1.29, 1.82) is 0 Å². The van der Waals surface area contributed by atoms with E-state index in [1.807, 2.05) is 33.8 Å². The van der Waals surface area contributed by atoms with Gasteiger partial charge in [-0.2, -0.15) is 0 Å². The van der Waals surface area contributed by atoms with Gasteiger partial charge in [-0.3, -0.25) is 14.4 Å². The van der Waals surface area contributed by atoms with E-state index >= 15 is 0 Å². The van der Waals surface area contributed by atoms with Crippen molar-refractivity contribution < 1.29 is 39.5 Å². The molecule has 0 spiro atoms. The van der Waals surface area contributed by atoms with Crippen LogP contribution in [0.5, 0.6) is 17.2 Å². The zero-order chi connectivity index (χ0) is 33.8. The summed E-state index contributed by atoms with van der Waals surface area (Å²) in [5.41, 5.74) is 1.74. The summed E-state index contributed by atoms with van der Waals surface area (Å²) in [5.74, 6) is -3.46. The molecule has 0 saturated heterocycles. The highest BCUT2D eigenvalue weighted by atomic mass is 16.5. The van der Waals surface area contributed by atoms with E-state index in [9.17, 15) is 34.8 Å². The van der Waals surface area contributed by atoms with Crippen molar-refractivity contribution in [2.24, 2.45) is 0 Å². The van der Waals surface area contributed by atoms with Crippen LogP contribution in [0.4, 0.5) is 0 Å². The number of hydrogen-bond acceptors (Lipinski definition) is 8. The Morgan fingerprint density at radius 2 is 1.38 bits per heavy atom. The molecule has 0 aliphatic heterocycles. The van der Waals surface area contributed by atoms with Crippen LogP contribution >= 0.6 is 0 Å². The molecule has 1 unspecified atom stereocenters. The third kappa shape index (κ3) is 7.74. The Morgan fingerprint density at radius 1 is 0.822 bits per heavy atom. The van der Waals surface area contributed by atoms with Gasteiger partial charge in [-0.25, -0.2) is 0 Å². The fraction of sp³-hybridized carbons (Fsp3) is 0.432. The normalized spacial score (nSPS) is 17.9. The Hall–Kier alpha value is -4.17. The number of esters is 1. The minimum absolute atomic E-state index is 0.0452. The average molecular weight is 619 g/mol. The van der Waals surface area contributed by atoms with Gasteiger partial charge in [-0.1, -0.05) is 40.5 Å². The molecule has 45 heavy (non-hydrogen) atoms. The molecule has 0 fully saturated rings. The van der Waals surface area contributed by atoms with Crippen molar-refractivity contribution in [2.75, 3.05) is 0 Å². The maximum absolute atomic E-state index is 13.6. The Bertz CT molecular complexity index is 1650. The number of carbonyl (C=O) groups is 3. The summed E-state index contributed by atoms with van der Waals surface area (Å²) in [5, 5.41) is 43.8. The molecule has 1 aliphatic rings. The largest absolute Gasteiger partial charge is 0.507 e. The number of aliphatic hydroxyl groups is 1. The van der Waals surface area contributed by atoms with E-state index in [1.54, 1.807) is 13.0 Å². The van der Waals surface area contributed by atoms with Crippen molar-refractivity contribution in [1.82, 2.24) is 0 Å². The van der Waals surface area contributed by atoms with E-state index in [1.165, 1.54) is 25.5 Å². The van der Waals surface area contributed by atoms with Gasteiger partial charge >= 0.3 is 5.97 Å². The van der Waals surface area contributed by atoms with E-state index in [2.05, 4.69) is 19.1 Å². The lowest BCUT2D eigenvalue weighted by atomic mass is 9.73. The lowest BCUT2D eigenvalue weighted by Crippen LogP contribution is -2.49. The minimum Gasteiger partial charge on any atom is -0.507 e. The highest BCUT2D eigenvalue weighted by Crippen LogP contribution is 2.49. The molecular weight excluding hydrogens is 572 g/mol. The Kier molecular flexibility index (Phi) is 11.2. The molecule has 8 heteroatoms. The molecule has 0 heterocycles. The van der Waals surface area contributed by atoms with Crippen LogP contribution in [-0.4, -0.2) is 49.7 Å². The molecule has 2 atom stereocenters. The second kappa shape index (κ2) is 14.3. The van der Waals surface area contributed by atoms with E-state index in [4.69, 9.17) is 4.74 Å². The maximum Gasteiger partial charge on any atom is 0.303 e. The first kappa shape index (κ1) is 35.3. The molecule has 4 N–H and O–H groups in total. The second-order valence-corrected chi connectivity index (χ2v) is 12.6. The van der Waals surface area contributed by atoms with Crippen molar-refractivity contribution in [3.63, 3.8) is 0 Å². The van der Waals surface area contributed by atoms with Crippen LogP contribution in [0.25, 0.3) is 10.8 Å². The number of ether oxygens (including phenoxy) is 1. The molecular formula is C37H46O8. The van der Waals surface area contributed by atoms with Gasteiger partial charge in [0, 0.05) is 36.1 Å². The number of aryl methyl sites for hydroxylation is 1. The number of allylic oxidation sites excluding steroid dienone is 5. The molecule has 0 amide bonds. The number of benzene rings is 2. The Labute approximate surface area is 265 Å². The number of carbonyl (C=O) groups excluding carboxylic acids is 3. The molecule has 8 nitrogen and oxygen atoms in total. The van der Waals surface area contributed by atoms with Crippen molar-refractivity contribution >= 4 is 28.3 Å². The zero-order valence-corrected chi connectivity index (χ0v) is 27.6. The minimum atomic E-state index is -2.51. The highest BCUT2D eigenvalue weighted by molar-refractivity contribution is 6.36. The van der Waals surface area contributed by atoms with Crippen LogP contribution in [0.15, 0.2) is 52.7 Å². The summed E-state index contributed by atoms with van der Waals surface area (Å²) < 4.78 is 5.41. The summed E-state index contributed by atoms with van der Waals surface area (Å²) in [6.45, 7) is 14.4. The molecule has 0 aromatic heterocycles. The molecule has 2 aromatic carbocycles. The van der Waals surface area contributed by atoms with Gasteiger partial charge in [0.05, 0.1) is 11.1 Å². The molecule has 0 radical (unpaired) electrons. The van der Waals surface area contributed by atoms with Crippen molar-refractivity contribution in [3.05, 3.63) is 74.9 Å². The van der Waals surface area contributed by atoms with Gasteiger partial charge in [0.1, 0.15) is 23.4 Å². The second-order valence-electron chi connectivity index (χ2n) is 12.6. The summed E-state index contributed by atoms with van der Waals surface area (Å²) in [4.78, 5) is 38.5. The molecule has 242 valence electrons. The van der Waals surface area contributed by atoms with Gasteiger partial charge in [0.15, 0.2) is 5.60 Å². The van der Waals surface area contributed by atoms with Crippen LogP contribution in [0, 0.1) is 13.8 Å². The van der Waals surface area contributed by atoms with E-state index < -0.39 is 28.7 Å². The van der Waals surface area contributed by atoms with Gasteiger partial charge in [-0.05, 0) is 91.9 Å². The van der Waals surface area contributed by atoms with E-state index in [0.29, 0.717) is 18.4 Å². The topological polar surface area (TPSA) is 141 Å². The quantitative estimate of drug-likeness (QED) is 0.107. The number of phenols is 3. The molecule has 1 aliphatic carbocycles. The standard InChI is InChI=1S/C37H46O8/c1-20(2)17-27(45-26(8)38)18-23(5)14-10-12-21(3)11-9-13-22(4)15-16-37(44)35(42)30-28(39)19-24(6)29-31(30)32(36(37)43)34(41)25(7)33(29)40/h11,14-15,17,19,27,39-41,44H,9-10,12-13,16,18H2,1-8H3/b21-11+,22-15+,23-14+/t27?,37-/m0/s1. The third-order valence-electron chi connectivity index (χ3n) is 8.31. The van der Waals surface area contributed by atoms with Gasteiger partial charge in [0.2, 0.25) is 11.6 Å². The first-order valence-electron chi connectivity index (χ1n) is 15.3. The highest BCUT2D eigenvalue weighted by Gasteiger charge is 2.51. The molecule has 2 aromatic rings. The monoisotopic (exact) mass is 618 g/mol. The first-order chi connectivity index (χ1) is 21.0. The number of aromatic hydroxyl groups is 3. The van der Waals surface area contributed by atoms with Gasteiger partial charge < -0.3 is 25.2 Å². The number of rotatable bonds is 12. The van der Waals surface area contributed by atoms with Crippen LogP contribution < -0.4 is 0 Å². The summed E-state index contributed by atoms with van der Waals surface area (Å²) in [6, 6.07) is 1.31. The van der Waals surface area contributed by atoms with Crippen LogP contribution in [0.2, 0.25) is 0 Å². The zero-order valence-electron chi connectivity index (χ0n) is 27.6. The van der Waals surface area contributed by atoms with E-state index in [-0.39, 0.29) is 51.7 Å². The van der Waals surface area contributed by atoms with Crippen molar-refractivity contribution in [3.8, 4) is 17.2 Å². The van der Waals surface area contributed by atoms with Crippen molar-refractivity contribution in [2.45, 2.75) is 106 Å². The Balaban J connectivity index is 1.68. The Morgan fingerprint density at radius 3 is 1.96 bits per heavy atom. The number of phenolic OH excluding ortho intramolecular Hbond substituents is 3. The SMILES string of the molecule is CC(=O)OC(C=C(C)C)C/C(C)=C/CC/C(C)=C/CC/C(C)=C/C[C@]1(O)C(=O)c2c(O)cc(C)c3c(O)c(C)c(O)c(c23)C1=O. The summed E-state index contributed by atoms with van der Waals surface area (Å²) in [7, 11) is 0. The van der Waals surface area contributed by atoms with Crippen LogP contribution in [-0.2, 0) is 9.53 Å². The fourth-order valence-electron chi connectivity index (χ4n) is 5.85. The predicted molar refractivity (Wildman–Crippen MR) is 176 cm³/mol. The van der Waals surface area contributed by atoms with E-state index in [0.717, 1.165) is 36.0 Å². The lowest BCUT2D eigenvalue weighted by molar-refractivity contribution is -0.144. The number of hydrogen-bond donors (Lipinski definition) is 4. The molecule has 3 rings (SSSR count). The predicted octanol–water partition coefficient (Wildman–Crippen LogP) is 7.76.